The maximum atomic E-state index is 6.39. The summed E-state index contributed by atoms with van der Waals surface area (Å²) in [5.41, 5.74) is 10.7. The van der Waals surface area contributed by atoms with Gasteiger partial charge in [0, 0.05) is 23.8 Å². The van der Waals surface area contributed by atoms with Gasteiger partial charge in [0.1, 0.15) is 16.9 Å². The highest BCUT2D eigenvalue weighted by Crippen LogP contribution is 2.52. The number of nitrogens with zero attached hydrogens (tertiary/aromatic N) is 6. The predicted molar refractivity (Wildman–Crippen MR) is 117 cm³/mol. The molecule has 0 aliphatic heterocycles. The van der Waals surface area contributed by atoms with Crippen LogP contribution in [0.4, 0.5) is 11.8 Å². The van der Waals surface area contributed by atoms with Crippen molar-refractivity contribution in [3.63, 3.8) is 0 Å². The highest BCUT2D eigenvalue weighted by molar-refractivity contribution is 5.88. The molecular formula is C22H26N8. The Morgan fingerprint density at radius 2 is 1.87 bits per heavy atom. The summed E-state index contributed by atoms with van der Waals surface area (Å²) in [4.78, 5) is 14.1. The summed E-state index contributed by atoms with van der Waals surface area (Å²) in [6, 6.07) is 6.76. The van der Waals surface area contributed by atoms with E-state index in [0.29, 0.717) is 17.8 Å². The van der Waals surface area contributed by atoms with E-state index in [-0.39, 0.29) is 6.04 Å². The van der Waals surface area contributed by atoms with Gasteiger partial charge in [0.2, 0.25) is 5.95 Å². The molecule has 2 aliphatic carbocycles. The monoisotopic (exact) mass is 402 g/mol. The first kappa shape index (κ1) is 17.7. The highest BCUT2D eigenvalue weighted by atomic mass is 15.3. The van der Waals surface area contributed by atoms with Crippen LogP contribution in [0, 0.1) is 18.8 Å². The van der Waals surface area contributed by atoms with Crippen LogP contribution in [-0.2, 0) is 0 Å². The number of hydrogen-bond acceptors (Lipinski definition) is 6. The van der Waals surface area contributed by atoms with Gasteiger partial charge in [-0.3, -0.25) is 0 Å². The second-order valence-electron chi connectivity index (χ2n) is 9.07. The Kier molecular flexibility index (Phi) is 3.63. The molecule has 2 atom stereocenters. The molecule has 0 saturated heterocycles. The number of hydrogen-bond donors (Lipinski definition) is 2. The van der Waals surface area contributed by atoms with Crippen LogP contribution in [0.2, 0.25) is 0 Å². The minimum absolute atomic E-state index is 0.284. The fourth-order valence-electron chi connectivity index (χ4n) is 5.19. The number of pyridine rings is 1. The van der Waals surface area contributed by atoms with Gasteiger partial charge in [-0.15, -0.1) is 5.10 Å². The zero-order valence-corrected chi connectivity index (χ0v) is 17.5. The molecule has 4 aromatic heterocycles. The van der Waals surface area contributed by atoms with E-state index in [1.54, 1.807) is 0 Å². The molecule has 6 rings (SSSR count). The summed E-state index contributed by atoms with van der Waals surface area (Å²) < 4.78 is 3.97. The van der Waals surface area contributed by atoms with E-state index in [9.17, 15) is 0 Å². The van der Waals surface area contributed by atoms with Crippen molar-refractivity contribution in [3.8, 4) is 11.3 Å². The molecule has 2 unspecified atom stereocenters. The van der Waals surface area contributed by atoms with Crippen LogP contribution in [0.3, 0.4) is 0 Å². The molecule has 4 aromatic rings. The number of imidazole rings is 1. The summed E-state index contributed by atoms with van der Waals surface area (Å²) in [6.45, 7) is 6.30. The van der Waals surface area contributed by atoms with Crippen LogP contribution in [0.5, 0.6) is 0 Å². The van der Waals surface area contributed by atoms with E-state index >= 15 is 0 Å². The van der Waals surface area contributed by atoms with E-state index in [1.165, 1.54) is 19.3 Å². The van der Waals surface area contributed by atoms with Crippen LogP contribution < -0.4 is 11.1 Å². The molecule has 0 spiro atoms. The number of nitrogen functional groups attached to an aromatic ring is 1. The lowest BCUT2D eigenvalue weighted by molar-refractivity contribution is 0.595. The molecule has 8 heteroatoms. The molecule has 8 nitrogen and oxygen atoms in total. The fraction of sp³-hybridized carbons (Fsp3) is 0.455. The lowest BCUT2D eigenvalue weighted by Crippen LogP contribution is -2.20. The van der Waals surface area contributed by atoms with Gasteiger partial charge in [-0.25, -0.2) is 14.5 Å². The standard InChI is InChI=1S/C22H26N8/c1-11(2)30-12(3)24-18-5-4-17(26-21(18)30)16-6-7-29-19(16)20(23)27-22(28-29)25-15-9-13-8-14(13)10-15/h4-7,11,13-15H,8-10H2,1-3H3,(H3,23,25,27,28). The van der Waals surface area contributed by atoms with Crippen molar-refractivity contribution >= 4 is 28.4 Å². The Morgan fingerprint density at radius 3 is 2.63 bits per heavy atom. The first-order valence-corrected chi connectivity index (χ1v) is 10.8. The minimum atomic E-state index is 0.284. The summed E-state index contributed by atoms with van der Waals surface area (Å²) >= 11 is 0. The van der Waals surface area contributed by atoms with Crippen LogP contribution >= 0.6 is 0 Å². The Balaban J connectivity index is 1.40. The summed E-state index contributed by atoms with van der Waals surface area (Å²) in [5.74, 6) is 3.85. The van der Waals surface area contributed by atoms with E-state index in [1.807, 2.05) is 35.8 Å². The second kappa shape index (κ2) is 6.17. The molecule has 0 aromatic carbocycles. The third kappa shape index (κ3) is 2.66. The molecule has 2 aliphatic rings. The van der Waals surface area contributed by atoms with Gasteiger partial charge >= 0.3 is 0 Å². The summed E-state index contributed by atoms with van der Waals surface area (Å²) in [7, 11) is 0. The first-order chi connectivity index (χ1) is 14.5. The first-order valence-electron chi connectivity index (χ1n) is 10.8. The molecule has 0 bridgehead atoms. The van der Waals surface area contributed by atoms with E-state index in [2.05, 4.69) is 38.8 Å². The Labute approximate surface area is 174 Å². The second-order valence-corrected chi connectivity index (χ2v) is 9.07. The summed E-state index contributed by atoms with van der Waals surface area (Å²) in [5, 5.41) is 8.15. The van der Waals surface area contributed by atoms with Crippen molar-refractivity contribution in [3.05, 3.63) is 30.2 Å². The third-order valence-corrected chi connectivity index (χ3v) is 6.62. The van der Waals surface area contributed by atoms with Crippen molar-refractivity contribution in [1.82, 2.24) is 29.1 Å². The number of fused-ring (bicyclic) bond motifs is 3. The Bertz CT molecular complexity index is 1270. The van der Waals surface area contributed by atoms with Gasteiger partial charge in [-0.05, 0) is 70.1 Å². The zero-order chi connectivity index (χ0) is 20.6. The van der Waals surface area contributed by atoms with E-state index in [4.69, 9.17) is 10.7 Å². The molecule has 3 N–H and O–H groups in total. The third-order valence-electron chi connectivity index (χ3n) is 6.62. The average Bonchev–Trinajstić information content (AvgIpc) is 3.05. The van der Waals surface area contributed by atoms with E-state index in [0.717, 1.165) is 45.6 Å². The van der Waals surface area contributed by atoms with E-state index < -0.39 is 0 Å². The van der Waals surface area contributed by atoms with Crippen molar-refractivity contribution in [2.24, 2.45) is 11.8 Å². The van der Waals surface area contributed by atoms with Gasteiger partial charge in [-0.2, -0.15) is 4.98 Å². The molecule has 154 valence electrons. The fourth-order valence-corrected chi connectivity index (χ4v) is 5.19. The molecular weight excluding hydrogens is 376 g/mol. The zero-order valence-electron chi connectivity index (χ0n) is 17.5. The molecule has 0 amide bonds. The van der Waals surface area contributed by atoms with Crippen LogP contribution in [0.1, 0.15) is 45.0 Å². The normalized spacial score (nSPS) is 22.9. The number of nitrogens with two attached hydrogens (primary N) is 1. The van der Waals surface area contributed by atoms with Crippen LogP contribution in [0.25, 0.3) is 27.9 Å². The number of aromatic nitrogens is 6. The molecule has 30 heavy (non-hydrogen) atoms. The van der Waals surface area contributed by atoms with Gasteiger partial charge in [0.05, 0.1) is 5.69 Å². The van der Waals surface area contributed by atoms with Crippen LogP contribution in [0.15, 0.2) is 24.4 Å². The van der Waals surface area contributed by atoms with Gasteiger partial charge in [0.25, 0.3) is 0 Å². The molecule has 0 radical (unpaired) electrons. The molecule has 2 saturated carbocycles. The maximum Gasteiger partial charge on any atom is 0.243 e. The van der Waals surface area contributed by atoms with Gasteiger partial charge < -0.3 is 15.6 Å². The minimum Gasteiger partial charge on any atom is -0.382 e. The van der Waals surface area contributed by atoms with Crippen molar-refractivity contribution < 1.29 is 0 Å². The molecule has 4 heterocycles. The molecule has 2 fully saturated rings. The highest BCUT2D eigenvalue weighted by Gasteiger charge is 2.46. The number of aryl methyl sites for hydroxylation is 1. The topological polar surface area (TPSA) is 98.9 Å². The van der Waals surface area contributed by atoms with Gasteiger partial charge in [-0.1, -0.05) is 0 Å². The Hall–Kier alpha value is -3.16. The maximum absolute atomic E-state index is 6.39. The van der Waals surface area contributed by atoms with Crippen molar-refractivity contribution in [2.75, 3.05) is 11.1 Å². The van der Waals surface area contributed by atoms with Crippen molar-refractivity contribution in [1.29, 1.82) is 0 Å². The lowest BCUT2D eigenvalue weighted by atomic mass is 10.1. The lowest BCUT2D eigenvalue weighted by Gasteiger charge is -2.14. The smallest absolute Gasteiger partial charge is 0.243 e. The van der Waals surface area contributed by atoms with Crippen LogP contribution in [-0.4, -0.2) is 35.2 Å². The summed E-state index contributed by atoms with van der Waals surface area (Å²) in [6.07, 6.45) is 5.76. The van der Waals surface area contributed by atoms with Gasteiger partial charge in [0.15, 0.2) is 11.5 Å². The average molecular weight is 403 g/mol. The van der Waals surface area contributed by atoms with Crippen molar-refractivity contribution in [2.45, 2.75) is 52.1 Å². The largest absolute Gasteiger partial charge is 0.382 e. The quantitative estimate of drug-likeness (QED) is 0.538. The number of rotatable bonds is 4. The SMILES string of the molecule is Cc1nc2ccc(-c3ccn4nc(NC5CC6CC6C5)nc(N)c34)nc2n1C(C)C. The number of nitrogens with one attached hydrogen (secondary N) is 1. The Morgan fingerprint density at radius 1 is 1.07 bits per heavy atom. The predicted octanol–water partition coefficient (Wildman–Crippen LogP) is 3.82. The number of anilines is 2.